The molecule has 0 unspecified atom stereocenters. The van der Waals surface area contributed by atoms with Crippen LogP contribution in [-0.4, -0.2) is 15.5 Å². The molecule has 0 atom stereocenters. The number of anilines is 1. The monoisotopic (exact) mass is 429 g/mol. The molecule has 0 spiro atoms. The van der Waals surface area contributed by atoms with Crippen LogP contribution < -0.4 is 5.32 Å². The molecule has 1 aliphatic carbocycles. The molecule has 0 saturated heterocycles. The summed E-state index contributed by atoms with van der Waals surface area (Å²) in [6.45, 7) is 0. The standard InChI is InChI=1S/C26H21F2N3O/c1-31-23(26(32)30-24-21(27)8-3-9-22(24)28)14-18-6-2-5-16-10-11-17(13-20(16)25(18)31)19-7-4-12-29-15-19/h3-4,7-15H,2,5-6H2,1H3,(H,30,32). The van der Waals surface area contributed by atoms with Gasteiger partial charge < -0.3 is 9.88 Å². The summed E-state index contributed by atoms with van der Waals surface area (Å²) in [5.74, 6) is -2.16. The van der Waals surface area contributed by atoms with E-state index >= 15 is 0 Å². The summed E-state index contributed by atoms with van der Waals surface area (Å²) in [5.41, 5.74) is 6.28. The Morgan fingerprint density at radius 1 is 0.969 bits per heavy atom. The number of carbonyl (C=O) groups is 1. The summed E-state index contributed by atoms with van der Waals surface area (Å²) < 4.78 is 29.9. The fraction of sp³-hybridized carbons (Fsp3) is 0.154. The van der Waals surface area contributed by atoms with E-state index in [2.05, 4.69) is 28.5 Å². The third kappa shape index (κ3) is 3.47. The van der Waals surface area contributed by atoms with E-state index in [4.69, 9.17) is 0 Å². The predicted octanol–water partition coefficient (Wildman–Crippen LogP) is 5.77. The van der Waals surface area contributed by atoms with Crippen LogP contribution in [0.15, 0.2) is 67.0 Å². The minimum atomic E-state index is -0.805. The summed E-state index contributed by atoms with van der Waals surface area (Å²) in [4.78, 5) is 17.2. The SMILES string of the molecule is Cn1c(C(=O)Nc2c(F)cccc2F)cc2c1-c1cc(-c3cccnc3)ccc1CCC2. The van der Waals surface area contributed by atoms with E-state index in [0.717, 1.165) is 59.3 Å². The highest BCUT2D eigenvalue weighted by molar-refractivity contribution is 6.04. The Morgan fingerprint density at radius 3 is 2.50 bits per heavy atom. The van der Waals surface area contributed by atoms with Crippen molar-refractivity contribution in [2.75, 3.05) is 5.32 Å². The van der Waals surface area contributed by atoms with E-state index in [1.165, 1.54) is 11.6 Å². The first-order chi connectivity index (χ1) is 15.5. The molecule has 0 fully saturated rings. The van der Waals surface area contributed by atoms with Crippen LogP contribution in [0, 0.1) is 11.6 Å². The molecule has 2 heterocycles. The van der Waals surface area contributed by atoms with Crippen LogP contribution in [0.5, 0.6) is 0 Å². The molecule has 6 heteroatoms. The summed E-state index contributed by atoms with van der Waals surface area (Å²) >= 11 is 0. The van der Waals surface area contributed by atoms with Crippen molar-refractivity contribution in [2.24, 2.45) is 7.05 Å². The molecule has 4 nitrogen and oxygen atoms in total. The predicted molar refractivity (Wildman–Crippen MR) is 120 cm³/mol. The first-order valence-corrected chi connectivity index (χ1v) is 10.5. The van der Waals surface area contributed by atoms with Crippen molar-refractivity contribution in [3.8, 4) is 22.4 Å². The second-order valence-electron chi connectivity index (χ2n) is 7.98. The van der Waals surface area contributed by atoms with Crippen LogP contribution in [-0.2, 0) is 19.9 Å². The Labute approximate surface area is 184 Å². The third-order valence-corrected chi connectivity index (χ3v) is 6.00. The summed E-state index contributed by atoms with van der Waals surface area (Å²) in [6, 6.07) is 15.6. The normalized spacial score (nSPS) is 12.6. The van der Waals surface area contributed by atoms with Gasteiger partial charge in [-0.3, -0.25) is 9.78 Å². The highest BCUT2D eigenvalue weighted by atomic mass is 19.1. The minimum Gasteiger partial charge on any atom is -0.339 e. The number of nitrogens with one attached hydrogen (secondary N) is 1. The molecule has 5 rings (SSSR count). The Hall–Kier alpha value is -3.80. The van der Waals surface area contributed by atoms with Crippen molar-refractivity contribution in [1.82, 2.24) is 9.55 Å². The van der Waals surface area contributed by atoms with Gasteiger partial charge in [-0.2, -0.15) is 0 Å². The molecule has 1 aliphatic rings. The molecule has 2 aromatic carbocycles. The number of pyridine rings is 1. The highest BCUT2D eigenvalue weighted by Gasteiger charge is 2.24. The maximum absolute atomic E-state index is 14.0. The molecule has 0 aliphatic heterocycles. The maximum atomic E-state index is 14.0. The average molecular weight is 429 g/mol. The van der Waals surface area contributed by atoms with Crippen molar-refractivity contribution < 1.29 is 13.6 Å². The molecule has 2 aromatic heterocycles. The highest BCUT2D eigenvalue weighted by Crippen LogP contribution is 2.37. The Bertz CT molecular complexity index is 1310. The number of amides is 1. The van der Waals surface area contributed by atoms with Gasteiger partial charge in [-0.1, -0.05) is 24.3 Å². The van der Waals surface area contributed by atoms with E-state index in [0.29, 0.717) is 5.69 Å². The summed E-state index contributed by atoms with van der Waals surface area (Å²) in [6.07, 6.45) is 6.29. The van der Waals surface area contributed by atoms with E-state index in [1.807, 2.05) is 36.0 Å². The first kappa shape index (κ1) is 20.1. The number of fused-ring (bicyclic) bond motifs is 3. The number of rotatable bonds is 3. The molecule has 0 bridgehead atoms. The number of nitrogens with zero attached hydrogens (tertiary/aromatic N) is 2. The first-order valence-electron chi connectivity index (χ1n) is 10.5. The quantitative estimate of drug-likeness (QED) is 0.449. The van der Waals surface area contributed by atoms with Gasteiger partial charge in [-0.05, 0) is 66.3 Å². The largest absolute Gasteiger partial charge is 0.339 e. The maximum Gasteiger partial charge on any atom is 0.272 e. The van der Waals surface area contributed by atoms with Gasteiger partial charge in [0.05, 0.1) is 5.69 Å². The Kier molecular flexibility index (Phi) is 5.05. The fourth-order valence-corrected chi connectivity index (χ4v) is 4.42. The van der Waals surface area contributed by atoms with Gasteiger partial charge in [0.1, 0.15) is 23.0 Å². The molecule has 32 heavy (non-hydrogen) atoms. The second kappa shape index (κ2) is 8.04. The van der Waals surface area contributed by atoms with E-state index in [1.54, 1.807) is 6.20 Å². The topological polar surface area (TPSA) is 46.9 Å². The van der Waals surface area contributed by atoms with Gasteiger partial charge in [-0.25, -0.2) is 8.78 Å². The molecule has 1 amide bonds. The Morgan fingerprint density at radius 2 is 1.75 bits per heavy atom. The number of para-hydroxylation sites is 1. The molecular weight excluding hydrogens is 408 g/mol. The molecule has 0 radical (unpaired) electrons. The lowest BCUT2D eigenvalue weighted by atomic mass is 9.97. The Balaban J connectivity index is 1.58. The lowest BCUT2D eigenvalue weighted by molar-refractivity contribution is 0.101. The van der Waals surface area contributed by atoms with Crippen molar-refractivity contribution in [2.45, 2.75) is 19.3 Å². The van der Waals surface area contributed by atoms with Crippen LogP contribution in [0.3, 0.4) is 0 Å². The van der Waals surface area contributed by atoms with Gasteiger partial charge in [-0.15, -0.1) is 0 Å². The van der Waals surface area contributed by atoms with Crippen LogP contribution in [0.4, 0.5) is 14.5 Å². The average Bonchev–Trinajstić information content (AvgIpc) is 3.01. The van der Waals surface area contributed by atoms with E-state index in [-0.39, 0.29) is 0 Å². The van der Waals surface area contributed by atoms with Crippen molar-refractivity contribution in [3.63, 3.8) is 0 Å². The number of aryl methyl sites for hydroxylation is 2. The van der Waals surface area contributed by atoms with Crippen LogP contribution >= 0.6 is 0 Å². The van der Waals surface area contributed by atoms with Crippen molar-refractivity contribution >= 4 is 11.6 Å². The third-order valence-electron chi connectivity index (χ3n) is 6.00. The lowest BCUT2D eigenvalue weighted by Crippen LogP contribution is -2.17. The molecular formula is C26H21F2N3O. The summed E-state index contributed by atoms with van der Waals surface area (Å²) in [7, 11) is 1.82. The second-order valence-corrected chi connectivity index (χ2v) is 7.98. The molecule has 4 aromatic rings. The van der Waals surface area contributed by atoms with Crippen molar-refractivity contribution in [1.29, 1.82) is 0 Å². The smallest absolute Gasteiger partial charge is 0.272 e. The lowest BCUT2D eigenvalue weighted by Gasteiger charge is -2.14. The summed E-state index contributed by atoms with van der Waals surface area (Å²) in [5, 5.41) is 2.40. The number of halogens is 2. The number of carbonyl (C=O) groups excluding carboxylic acids is 1. The van der Waals surface area contributed by atoms with Gasteiger partial charge >= 0.3 is 0 Å². The van der Waals surface area contributed by atoms with Crippen LogP contribution in [0.25, 0.3) is 22.4 Å². The number of hydrogen-bond acceptors (Lipinski definition) is 2. The van der Waals surface area contributed by atoms with Gasteiger partial charge in [0.25, 0.3) is 5.91 Å². The molecule has 160 valence electrons. The van der Waals surface area contributed by atoms with Crippen LogP contribution in [0.1, 0.15) is 28.0 Å². The van der Waals surface area contributed by atoms with Gasteiger partial charge in [0, 0.05) is 30.6 Å². The van der Waals surface area contributed by atoms with Crippen LogP contribution in [0.2, 0.25) is 0 Å². The van der Waals surface area contributed by atoms with Gasteiger partial charge in [0.15, 0.2) is 0 Å². The number of benzene rings is 2. The molecule has 1 N–H and O–H groups in total. The van der Waals surface area contributed by atoms with E-state index < -0.39 is 23.2 Å². The van der Waals surface area contributed by atoms with Gasteiger partial charge in [0.2, 0.25) is 0 Å². The minimum absolute atomic E-state index is 0.359. The molecule has 0 saturated carbocycles. The zero-order valence-corrected chi connectivity index (χ0v) is 17.5. The van der Waals surface area contributed by atoms with E-state index in [9.17, 15) is 13.6 Å². The number of hydrogen-bond donors (Lipinski definition) is 1. The zero-order valence-electron chi connectivity index (χ0n) is 17.5. The van der Waals surface area contributed by atoms with Crippen molar-refractivity contribution in [3.05, 3.63) is 95.4 Å². The number of aromatic nitrogens is 2. The fourth-order valence-electron chi connectivity index (χ4n) is 4.42. The zero-order chi connectivity index (χ0) is 22.2.